The number of quaternary nitrogens is 1. The van der Waals surface area contributed by atoms with Gasteiger partial charge in [-0.25, -0.2) is 4.79 Å². The number of hydrogen-bond donors (Lipinski definition) is 1. The molecule has 0 aromatic carbocycles. The van der Waals surface area contributed by atoms with Crippen LogP contribution in [0.15, 0.2) is 0 Å². The molecule has 0 bridgehead atoms. The second kappa shape index (κ2) is 5.39. The first kappa shape index (κ1) is 15.2. The highest BCUT2D eigenvalue weighted by molar-refractivity contribution is 6.35. The maximum atomic E-state index is 11.9. The van der Waals surface area contributed by atoms with Gasteiger partial charge in [0, 0.05) is 24.2 Å². The van der Waals surface area contributed by atoms with Crippen molar-refractivity contribution in [3.8, 4) is 0 Å². The molecule has 18 heavy (non-hydrogen) atoms. The summed E-state index contributed by atoms with van der Waals surface area (Å²) in [5, 5.41) is 2.27. The van der Waals surface area contributed by atoms with Gasteiger partial charge in [0.05, 0.1) is 13.1 Å². The van der Waals surface area contributed by atoms with E-state index in [1.165, 1.54) is 0 Å². The number of carbonyl (C=O) groups is 2. The molecule has 1 fully saturated rings. The normalized spacial score (nSPS) is 18.5. The summed E-state index contributed by atoms with van der Waals surface area (Å²) in [5.74, 6) is -0.792. The lowest BCUT2D eigenvalue weighted by atomic mass is 9.83. The molecule has 0 spiro atoms. The van der Waals surface area contributed by atoms with E-state index >= 15 is 0 Å². The summed E-state index contributed by atoms with van der Waals surface area (Å²) in [7, 11) is 0. The SMILES string of the molecule is CC(C)(C)C(=O)C(=O)OC(C)(C)C1CC[NH2+]CC1. The molecule has 104 valence electrons. The quantitative estimate of drug-likeness (QED) is 0.603. The summed E-state index contributed by atoms with van der Waals surface area (Å²) in [6, 6.07) is 0. The van der Waals surface area contributed by atoms with E-state index in [-0.39, 0.29) is 0 Å². The Morgan fingerprint density at radius 2 is 1.56 bits per heavy atom. The maximum Gasteiger partial charge on any atom is 0.375 e. The molecular formula is C14H26NO3+. The molecule has 1 aliphatic heterocycles. The highest BCUT2D eigenvalue weighted by atomic mass is 16.6. The Balaban J connectivity index is 2.64. The number of carbonyl (C=O) groups excluding carboxylic acids is 2. The van der Waals surface area contributed by atoms with Crippen LogP contribution in [0.3, 0.4) is 0 Å². The molecule has 1 heterocycles. The largest absolute Gasteiger partial charge is 0.454 e. The van der Waals surface area contributed by atoms with Crippen LogP contribution >= 0.6 is 0 Å². The number of ether oxygens (including phenoxy) is 1. The first-order valence-corrected chi connectivity index (χ1v) is 6.74. The molecule has 0 aliphatic carbocycles. The second-order valence-corrected chi connectivity index (χ2v) is 6.71. The minimum atomic E-state index is -0.693. The summed E-state index contributed by atoms with van der Waals surface area (Å²) in [6.07, 6.45) is 2.06. The fourth-order valence-corrected chi connectivity index (χ4v) is 2.30. The predicted octanol–water partition coefficient (Wildman–Crippen LogP) is 0.897. The van der Waals surface area contributed by atoms with Gasteiger partial charge in [0.25, 0.3) is 0 Å². The Bertz CT molecular complexity index is 322. The third-order valence-electron chi connectivity index (χ3n) is 3.64. The van der Waals surface area contributed by atoms with Crippen molar-refractivity contribution in [1.82, 2.24) is 0 Å². The van der Waals surface area contributed by atoms with E-state index in [0.29, 0.717) is 5.92 Å². The minimum Gasteiger partial charge on any atom is -0.454 e. The highest BCUT2D eigenvalue weighted by Gasteiger charge is 2.39. The molecule has 1 aliphatic rings. The zero-order valence-electron chi connectivity index (χ0n) is 12.2. The minimum absolute atomic E-state index is 0.346. The van der Waals surface area contributed by atoms with Gasteiger partial charge < -0.3 is 10.1 Å². The molecule has 1 saturated heterocycles. The van der Waals surface area contributed by atoms with Crippen LogP contribution in [0.25, 0.3) is 0 Å². The van der Waals surface area contributed by atoms with Crippen molar-refractivity contribution in [3.63, 3.8) is 0 Å². The van der Waals surface area contributed by atoms with Crippen LogP contribution in [-0.2, 0) is 14.3 Å². The second-order valence-electron chi connectivity index (χ2n) is 6.71. The molecule has 0 unspecified atom stereocenters. The lowest BCUT2D eigenvalue weighted by Crippen LogP contribution is -2.86. The van der Waals surface area contributed by atoms with Crippen LogP contribution in [0.4, 0.5) is 0 Å². The first-order valence-electron chi connectivity index (χ1n) is 6.74. The summed E-state index contributed by atoms with van der Waals surface area (Å²) in [6.45, 7) is 11.2. The lowest BCUT2D eigenvalue weighted by molar-refractivity contribution is -0.665. The van der Waals surface area contributed by atoms with Gasteiger partial charge in [-0.2, -0.15) is 0 Å². The average Bonchev–Trinajstić information content (AvgIpc) is 2.27. The fourth-order valence-electron chi connectivity index (χ4n) is 2.30. The summed E-state index contributed by atoms with van der Waals surface area (Å²) < 4.78 is 5.46. The third kappa shape index (κ3) is 3.80. The molecular weight excluding hydrogens is 230 g/mol. The van der Waals surface area contributed by atoms with Crippen LogP contribution in [-0.4, -0.2) is 30.4 Å². The van der Waals surface area contributed by atoms with Gasteiger partial charge in [0.2, 0.25) is 5.78 Å². The number of hydrogen-bond acceptors (Lipinski definition) is 3. The van der Waals surface area contributed by atoms with E-state index < -0.39 is 22.8 Å². The molecule has 4 heteroatoms. The lowest BCUT2D eigenvalue weighted by Gasteiger charge is -2.35. The highest BCUT2D eigenvalue weighted by Crippen LogP contribution is 2.29. The average molecular weight is 256 g/mol. The Morgan fingerprint density at radius 1 is 1.06 bits per heavy atom. The monoisotopic (exact) mass is 256 g/mol. The molecule has 0 saturated carbocycles. The van der Waals surface area contributed by atoms with E-state index in [1.807, 2.05) is 13.8 Å². The molecule has 0 aromatic rings. The number of piperidine rings is 1. The first-order chi connectivity index (χ1) is 8.14. The van der Waals surface area contributed by atoms with Gasteiger partial charge in [-0.1, -0.05) is 20.8 Å². The number of esters is 1. The number of ketones is 1. The van der Waals surface area contributed by atoms with E-state index in [0.717, 1.165) is 25.9 Å². The zero-order valence-corrected chi connectivity index (χ0v) is 12.2. The molecule has 0 radical (unpaired) electrons. The zero-order chi connectivity index (χ0) is 14.0. The molecule has 0 amide bonds. The van der Waals surface area contributed by atoms with Crippen molar-refractivity contribution in [3.05, 3.63) is 0 Å². The molecule has 2 N–H and O–H groups in total. The van der Waals surface area contributed by atoms with Crippen molar-refractivity contribution < 1.29 is 19.6 Å². The van der Waals surface area contributed by atoms with Crippen molar-refractivity contribution in [1.29, 1.82) is 0 Å². The topological polar surface area (TPSA) is 60.0 Å². The Morgan fingerprint density at radius 3 is 2.00 bits per heavy atom. The van der Waals surface area contributed by atoms with Crippen LogP contribution in [0, 0.1) is 11.3 Å². The summed E-state index contributed by atoms with van der Waals surface area (Å²) in [4.78, 5) is 23.7. The fraction of sp³-hybridized carbons (Fsp3) is 0.857. The molecule has 1 rings (SSSR count). The van der Waals surface area contributed by atoms with E-state index in [2.05, 4.69) is 5.32 Å². The van der Waals surface area contributed by atoms with Crippen LogP contribution in [0.2, 0.25) is 0 Å². The van der Waals surface area contributed by atoms with E-state index in [9.17, 15) is 9.59 Å². The van der Waals surface area contributed by atoms with Crippen LogP contribution in [0.1, 0.15) is 47.5 Å². The Hall–Kier alpha value is -0.900. The number of Topliss-reactive ketones (excluding diaryl/α,β-unsaturated/α-hetero) is 1. The standard InChI is InChI=1S/C14H25NO3/c1-13(2,3)11(16)12(17)18-14(4,5)10-6-8-15-9-7-10/h10,15H,6-9H2,1-5H3/p+1. The van der Waals surface area contributed by atoms with E-state index in [1.54, 1.807) is 20.8 Å². The van der Waals surface area contributed by atoms with Gasteiger partial charge in [-0.05, 0) is 13.8 Å². The van der Waals surface area contributed by atoms with Gasteiger partial charge >= 0.3 is 5.97 Å². The number of nitrogens with two attached hydrogens (primary N) is 1. The smallest absolute Gasteiger partial charge is 0.375 e. The number of rotatable bonds is 3. The van der Waals surface area contributed by atoms with Gasteiger partial charge in [0.1, 0.15) is 5.60 Å². The molecule has 0 aromatic heterocycles. The molecule has 0 atom stereocenters. The van der Waals surface area contributed by atoms with Gasteiger partial charge in [0.15, 0.2) is 0 Å². The van der Waals surface area contributed by atoms with Gasteiger partial charge in [-0.15, -0.1) is 0 Å². The summed E-state index contributed by atoms with van der Waals surface area (Å²) in [5.41, 5.74) is -1.22. The Kier molecular flexibility index (Phi) is 4.54. The predicted molar refractivity (Wildman–Crippen MR) is 69.0 cm³/mol. The third-order valence-corrected chi connectivity index (χ3v) is 3.64. The van der Waals surface area contributed by atoms with Crippen LogP contribution in [0.5, 0.6) is 0 Å². The van der Waals surface area contributed by atoms with E-state index in [4.69, 9.17) is 4.74 Å². The summed E-state index contributed by atoms with van der Waals surface area (Å²) >= 11 is 0. The van der Waals surface area contributed by atoms with Gasteiger partial charge in [-0.3, -0.25) is 4.79 Å². The van der Waals surface area contributed by atoms with Crippen molar-refractivity contribution in [2.24, 2.45) is 11.3 Å². The van der Waals surface area contributed by atoms with Crippen molar-refractivity contribution >= 4 is 11.8 Å². The molecule has 4 nitrogen and oxygen atoms in total. The Labute approximate surface area is 109 Å². The van der Waals surface area contributed by atoms with Crippen LogP contribution < -0.4 is 5.32 Å². The van der Waals surface area contributed by atoms with Crippen molar-refractivity contribution in [2.45, 2.75) is 53.1 Å². The van der Waals surface area contributed by atoms with Crippen molar-refractivity contribution in [2.75, 3.05) is 13.1 Å². The maximum absolute atomic E-state index is 11.9.